The molecular formula is C9H10FN3. The molecule has 0 aliphatic heterocycles. The SMILES string of the molecule is N=CC(C=N)c1ccc(N)cc1F. The molecule has 0 atom stereocenters. The van der Waals surface area contributed by atoms with Crippen molar-refractivity contribution < 1.29 is 4.39 Å². The van der Waals surface area contributed by atoms with Crippen molar-refractivity contribution in [3.8, 4) is 0 Å². The molecule has 0 aliphatic rings. The zero-order valence-electron chi connectivity index (χ0n) is 6.92. The van der Waals surface area contributed by atoms with Gasteiger partial charge in [-0.1, -0.05) is 6.07 Å². The molecule has 0 aliphatic carbocycles. The average Bonchev–Trinajstić information content (AvgIpc) is 2.10. The molecular weight excluding hydrogens is 169 g/mol. The number of nitrogens with two attached hydrogens (primary N) is 1. The van der Waals surface area contributed by atoms with Crippen LogP contribution in [0.5, 0.6) is 0 Å². The summed E-state index contributed by atoms with van der Waals surface area (Å²) >= 11 is 0. The fourth-order valence-corrected chi connectivity index (χ4v) is 1.04. The minimum Gasteiger partial charge on any atom is -0.399 e. The van der Waals surface area contributed by atoms with E-state index in [-0.39, 0.29) is 0 Å². The van der Waals surface area contributed by atoms with Gasteiger partial charge in [-0.15, -0.1) is 0 Å². The second kappa shape index (κ2) is 3.80. The Morgan fingerprint density at radius 1 is 1.31 bits per heavy atom. The van der Waals surface area contributed by atoms with Crippen molar-refractivity contribution in [3.63, 3.8) is 0 Å². The quantitative estimate of drug-likeness (QED) is 0.480. The van der Waals surface area contributed by atoms with E-state index in [9.17, 15) is 4.39 Å². The molecule has 1 aromatic carbocycles. The summed E-state index contributed by atoms with van der Waals surface area (Å²) in [5, 5.41) is 13.9. The zero-order valence-corrected chi connectivity index (χ0v) is 6.92. The Kier molecular flexibility index (Phi) is 2.74. The van der Waals surface area contributed by atoms with Crippen molar-refractivity contribution in [2.24, 2.45) is 0 Å². The lowest BCUT2D eigenvalue weighted by Gasteiger charge is -2.07. The molecule has 0 saturated heterocycles. The number of anilines is 1. The third kappa shape index (κ3) is 1.90. The molecule has 0 unspecified atom stereocenters. The predicted octanol–water partition coefficient (Wildman–Crippen LogP) is 1.79. The van der Waals surface area contributed by atoms with Crippen LogP contribution >= 0.6 is 0 Å². The lowest BCUT2D eigenvalue weighted by atomic mass is 10.0. The molecule has 13 heavy (non-hydrogen) atoms. The van der Waals surface area contributed by atoms with E-state index in [1.54, 1.807) is 6.07 Å². The van der Waals surface area contributed by atoms with Crippen molar-refractivity contribution in [1.82, 2.24) is 0 Å². The van der Waals surface area contributed by atoms with Crippen molar-refractivity contribution >= 4 is 18.1 Å². The topological polar surface area (TPSA) is 73.7 Å². The smallest absolute Gasteiger partial charge is 0.129 e. The van der Waals surface area contributed by atoms with Gasteiger partial charge >= 0.3 is 0 Å². The third-order valence-electron chi connectivity index (χ3n) is 1.74. The summed E-state index contributed by atoms with van der Waals surface area (Å²) in [6, 6.07) is 4.24. The molecule has 4 heteroatoms. The number of benzene rings is 1. The molecule has 1 rings (SSSR count). The van der Waals surface area contributed by atoms with Crippen LogP contribution in [0.2, 0.25) is 0 Å². The number of halogens is 1. The highest BCUT2D eigenvalue weighted by Crippen LogP contribution is 2.18. The van der Waals surface area contributed by atoms with Crippen LogP contribution in [-0.2, 0) is 0 Å². The molecule has 3 nitrogen and oxygen atoms in total. The standard InChI is InChI=1S/C9H10FN3/c10-9-3-7(13)1-2-8(9)6(4-11)5-12/h1-6,11-12H,13H2. The number of rotatable bonds is 3. The summed E-state index contributed by atoms with van der Waals surface area (Å²) in [5.74, 6) is -1.07. The van der Waals surface area contributed by atoms with Gasteiger partial charge in [0, 0.05) is 23.7 Å². The summed E-state index contributed by atoms with van der Waals surface area (Å²) in [4.78, 5) is 0. The molecule has 0 radical (unpaired) electrons. The van der Waals surface area contributed by atoms with Gasteiger partial charge in [-0.2, -0.15) is 0 Å². The van der Waals surface area contributed by atoms with E-state index in [1.165, 1.54) is 12.1 Å². The van der Waals surface area contributed by atoms with Crippen LogP contribution in [-0.4, -0.2) is 12.4 Å². The van der Waals surface area contributed by atoms with Gasteiger partial charge in [0.1, 0.15) is 5.82 Å². The van der Waals surface area contributed by atoms with Gasteiger partial charge in [0.05, 0.1) is 5.92 Å². The van der Waals surface area contributed by atoms with E-state index in [0.29, 0.717) is 11.3 Å². The van der Waals surface area contributed by atoms with Gasteiger partial charge in [-0.3, -0.25) is 0 Å². The number of nitrogens with one attached hydrogen (secondary N) is 2. The fraction of sp³-hybridized carbons (Fsp3) is 0.111. The summed E-state index contributed by atoms with van der Waals surface area (Å²) < 4.78 is 13.2. The molecule has 0 heterocycles. The van der Waals surface area contributed by atoms with E-state index < -0.39 is 11.7 Å². The number of hydrogen-bond acceptors (Lipinski definition) is 3. The molecule has 0 aromatic heterocycles. The van der Waals surface area contributed by atoms with E-state index in [2.05, 4.69) is 0 Å². The first-order valence-electron chi connectivity index (χ1n) is 3.75. The van der Waals surface area contributed by atoms with Gasteiger partial charge in [-0.05, 0) is 12.1 Å². The van der Waals surface area contributed by atoms with Crippen molar-refractivity contribution in [2.75, 3.05) is 5.73 Å². The minimum absolute atomic E-state index is 0.305. The van der Waals surface area contributed by atoms with Crippen molar-refractivity contribution in [2.45, 2.75) is 5.92 Å². The number of nitrogen functional groups attached to an aromatic ring is 1. The lowest BCUT2D eigenvalue weighted by molar-refractivity contribution is 0.615. The second-order valence-corrected chi connectivity index (χ2v) is 2.64. The van der Waals surface area contributed by atoms with Crippen LogP contribution < -0.4 is 5.73 Å². The Hall–Kier alpha value is -1.71. The number of hydrogen-bond donors (Lipinski definition) is 3. The first-order valence-corrected chi connectivity index (χ1v) is 3.75. The fourth-order valence-electron chi connectivity index (χ4n) is 1.04. The van der Waals surface area contributed by atoms with E-state index in [1.807, 2.05) is 0 Å². The minimum atomic E-state index is -0.597. The molecule has 68 valence electrons. The van der Waals surface area contributed by atoms with Gasteiger partial charge < -0.3 is 16.6 Å². The van der Waals surface area contributed by atoms with Crippen LogP contribution in [0.15, 0.2) is 18.2 Å². The maximum absolute atomic E-state index is 13.2. The monoisotopic (exact) mass is 179 g/mol. The van der Waals surface area contributed by atoms with Crippen LogP contribution in [0, 0.1) is 16.6 Å². The van der Waals surface area contributed by atoms with Gasteiger partial charge in [0.15, 0.2) is 0 Å². The predicted molar refractivity (Wildman–Crippen MR) is 51.1 cm³/mol. The summed E-state index contributed by atoms with van der Waals surface area (Å²) in [6.45, 7) is 0. The molecule has 0 bridgehead atoms. The maximum atomic E-state index is 13.2. The zero-order chi connectivity index (χ0) is 9.84. The van der Waals surface area contributed by atoms with Crippen molar-refractivity contribution in [3.05, 3.63) is 29.6 Å². The molecule has 0 fully saturated rings. The highest BCUT2D eigenvalue weighted by atomic mass is 19.1. The Bertz CT molecular complexity index is 328. The second-order valence-electron chi connectivity index (χ2n) is 2.64. The molecule has 0 amide bonds. The van der Waals surface area contributed by atoms with Crippen molar-refractivity contribution in [1.29, 1.82) is 10.8 Å². The summed E-state index contributed by atoms with van der Waals surface area (Å²) in [5.41, 5.74) is 6.00. The maximum Gasteiger partial charge on any atom is 0.129 e. The Morgan fingerprint density at radius 2 is 1.92 bits per heavy atom. The largest absolute Gasteiger partial charge is 0.399 e. The Balaban J connectivity index is 3.13. The van der Waals surface area contributed by atoms with Crippen LogP contribution in [0.4, 0.5) is 10.1 Å². The van der Waals surface area contributed by atoms with Gasteiger partial charge in [0.25, 0.3) is 0 Å². The summed E-state index contributed by atoms with van der Waals surface area (Å²) in [6.07, 6.45) is 2.03. The molecule has 0 spiro atoms. The normalized spacial score (nSPS) is 12.1. The van der Waals surface area contributed by atoms with Crippen LogP contribution in [0.3, 0.4) is 0 Å². The highest BCUT2D eigenvalue weighted by molar-refractivity contribution is 5.87. The molecule has 4 N–H and O–H groups in total. The van der Waals surface area contributed by atoms with Gasteiger partial charge in [-0.25, -0.2) is 4.39 Å². The van der Waals surface area contributed by atoms with E-state index in [0.717, 1.165) is 12.4 Å². The van der Waals surface area contributed by atoms with Crippen LogP contribution in [0.25, 0.3) is 0 Å². The summed E-state index contributed by atoms with van der Waals surface area (Å²) in [7, 11) is 0. The van der Waals surface area contributed by atoms with E-state index in [4.69, 9.17) is 16.6 Å². The Labute approximate surface area is 75.4 Å². The average molecular weight is 179 g/mol. The van der Waals surface area contributed by atoms with Gasteiger partial charge in [0.2, 0.25) is 0 Å². The van der Waals surface area contributed by atoms with E-state index >= 15 is 0 Å². The first-order chi connectivity index (χ1) is 6.19. The third-order valence-corrected chi connectivity index (χ3v) is 1.74. The molecule has 0 saturated carbocycles. The van der Waals surface area contributed by atoms with Crippen LogP contribution in [0.1, 0.15) is 11.5 Å². The highest BCUT2D eigenvalue weighted by Gasteiger charge is 2.10. The first kappa shape index (κ1) is 9.38. The Morgan fingerprint density at radius 3 is 2.38 bits per heavy atom. The molecule has 1 aromatic rings. The lowest BCUT2D eigenvalue weighted by Crippen LogP contribution is -2.04.